The van der Waals surface area contributed by atoms with Crippen molar-refractivity contribution in [2.45, 2.75) is 25.8 Å². The maximum Gasteiger partial charge on any atom is 0.339 e. The van der Waals surface area contributed by atoms with E-state index in [1.807, 2.05) is 0 Å². The topological polar surface area (TPSA) is 64.1 Å². The van der Waals surface area contributed by atoms with Gasteiger partial charge in [0.25, 0.3) is 0 Å². The van der Waals surface area contributed by atoms with E-state index in [2.05, 4.69) is 0 Å². The summed E-state index contributed by atoms with van der Waals surface area (Å²) in [6, 6.07) is 1.73. The van der Waals surface area contributed by atoms with Crippen LogP contribution < -0.4 is 10.5 Å². The van der Waals surface area contributed by atoms with Gasteiger partial charge in [-0.15, -0.1) is 0 Å². The number of ether oxygens (including phenoxy) is 1. The van der Waals surface area contributed by atoms with Crippen LogP contribution in [0.2, 0.25) is 5.02 Å². The van der Waals surface area contributed by atoms with Gasteiger partial charge in [0.05, 0.1) is 23.8 Å². The van der Waals surface area contributed by atoms with Crippen molar-refractivity contribution in [3.05, 3.63) is 38.2 Å². The third-order valence-electron chi connectivity index (χ3n) is 4.91. The van der Waals surface area contributed by atoms with E-state index in [1.165, 1.54) is 4.90 Å². The van der Waals surface area contributed by atoms with E-state index in [-0.39, 0.29) is 11.4 Å². The SMILES string of the molecule is O=c1oc2c(C[NH+]3CCOCC3)c(O)c(Cl)cc2c2c1CCC2. The lowest BCUT2D eigenvalue weighted by atomic mass is 10.0. The Hall–Kier alpha value is -1.56. The zero-order chi connectivity index (χ0) is 16.0. The average molecular weight is 337 g/mol. The summed E-state index contributed by atoms with van der Waals surface area (Å²) in [6.45, 7) is 3.71. The predicted molar refractivity (Wildman–Crippen MR) is 86.4 cm³/mol. The standard InChI is InChI=1S/C17H18ClNO4/c18-14-8-12-10-2-1-3-11(10)17(21)23-16(12)13(15(14)20)9-19-4-6-22-7-5-19/h8,20H,1-7,9H2/p+1. The number of hydrogen-bond donors (Lipinski definition) is 2. The first-order chi connectivity index (χ1) is 11.1. The van der Waals surface area contributed by atoms with Gasteiger partial charge in [-0.2, -0.15) is 0 Å². The quantitative estimate of drug-likeness (QED) is 0.805. The summed E-state index contributed by atoms with van der Waals surface area (Å²) in [6.07, 6.45) is 2.58. The number of benzene rings is 1. The first-order valence-corrected chi connectivity index (χ1v) is 8.43. The largest absolute Gasteiger partial charge is 0.506 e. The summed E-state index contributed by atoms with van der Waals surface area (Å²) in [4.78, 5) is 13.5. The van der Waals surface area contributed by atoms with Gasteiger partial charge >= 0.3 is 5.63 Å². The molecule has 6 heteroatoms. The summed E-state index contributed by atoms with van der Waals surface area (Å²) >= 11 is 6.25. The maximum absolute atomic E-state index is 12.3. The summed E-state index contributed by atoms with van der Waals surface area (Å²) in [7, 11) is 0. The fraction of sp³-hybridized carbons (Fsp3) is 0.471. The fourth-order valence-corrected chi connectivity index (χ4v) is 3.91. The minimum atomic E-state index is -0.273. The molecule has 0 bridgehead atoms. The number of aryl methyl sites for hydroxylation is 1. The Morgan fingerprint density at radius 2 is 1.96 bits per heavy atom. The monoisotopic (exact) mass is 336 g/mol. The van der Waals surface area contributed by atoms with Gasteiger partial charge in [0.2, 0.25) is 0 Å². The van der Waals surface area contributed by atoms with Crippen molar-refractivity contribution in [2.24, 2.45) is 0 Å². The molecule has 0 unspecified atom stereocenters. The summed E-state index contributed by atoms with van der Waals surface area (Å²) in [5.74, 6) is 0.0271. The van der Waals surface area contributed by atoms with Crippen LogP contribution in [0.4, 0.5) is 0 Å². The summed E-state index contributed by atoms with van der Waals surface area (Å²) < 4.78 is 11.0. The molecule has 23 heavy (non-hydrogen) atoms. The van der Waals surface area contributed by atoms with E-state index in [1.54, 1.807) is 6.07 Å². The number of nitrogens with one attached hydrogen (secondary N) is 1. The molecule has 1 aliphatic heterocycles. The van der Waals surface area contributed by atoms with Crippen molar-refractivity contribution in [1.29, 1.82) is 0 Å². The Labute approximate surface area is 138 Å². The van der Waals surface area contributed by atoms with E-state index in [0.29, 0.717) is 35.9 Å². The molecule has 1 aliphatic carbocycles. The molecule has 1 aromatic heterocycles. The Kier molecular flexibility index (Phi) is 3.79. The highest BCUT2D eigenvalue weighted by molar-refractivity contribution is 6.33. The second-order valence-electron chi connectivity index (χ2n) is 6.30. The molecule has 0 amide bonds. The molecule has 0 atom stereocenters. The van der Waals surface area contributed by atoms with Crippen LogP contribution in [-0.4, -0.2) is 31.4 Å². The normalized spacial score (nSPS) is 18.5. The van der Waals surface area contributed by atoms with Crippen molar-refractivity contribution in [3.8, 4) is 5.75 Å². The van der Waals surface area contributed by atoms with Gasteiger partial charge in [-0.1, -0.05) is 11.6 Å². The van der Waals surface area contributed by atoms with Gasteiger partial charge in [-0.05, 0) is 30.9 Å². The minimum Gasteiger partial charge on any atom is -0.506 e. The number of rotatable bonds is 2. The molecule has 2 heterocycles. The first-order valence-electron chi connectivity index (χ1n) is 8.05. The lowest BCUT2D eigenvalue weighted by molar-refractivity contribution is -0.921. The molecule has 1 aromatic carbocycles. The Morgan fingerprint density at radius 3 is 2.74 bits per heavy atom. The highest BCUT2D eigenvalue weighted by atomic mass is 35.5. The van der Waals surface area contributed by atoms with E-state index < -0.39 is 0 Å². The molecule has 2 aliphatic rings. The fourth-order valence-electron chi connectivity index (χ4n) is 3.69. The van der Waals surface area contributed by atoms with Gasteiger partial charge in [0, 0.05) is 10.9 Å². The molecule has 5 nitrogen and oxygen atoms in total. The number of halogens is 1. The maximum atomic E-state index is 12.3. The lowest BCUT2D eigenvalue weighted by Crippen LogP contribution is -3.12. The number of morpholine rings is 1. The minimum absolute atomic E-state index is 0.0271. The molecule has 2 aromatic rings. The molecule has 0 saturated carbocycles. The molecule has 2 N–H and O–H groups in total. The van der Waals surface area contributed by atoms with E-state index in [9.17, 15) is 9.90 Å². The number of quaternary nitrogens is 1. The van der Waals surface area contributed by atoms with Crippen LogP contribution >= 0.6 is 11.6 Å². The van der Waals surface area contributed by atoms with E-state index in [4.69, 9.17) is 20.8 Å². The van der Waals surface area contributed by atoms with Crippen LogP contribution in [0.3, 0.4) is 0 Å². The molecular weight excluding hydrogens is 318 g/mol. The zero-order valence-electron chi connectivity index (χ0n) is 12.8. The van der Waals surface area contributed by atoms with E-state index >= 15 is 0 Å². The second kappa shape index (κ2) is 5.82. The summed E-state index contributed by atoms with van der Waals surface area (Å²) in [5, 5.41) is 11.6. The molecular formula is C17H19ClNO4+. The lowest BCUT2D eigenvalue weighted by Gasteiger charge is -2.24. The van der Waals surface area contributed by atoms with Crippen LogP contribution in [0.15, 0.2) is 15.3 Å². The van der Waals surface area contributed by atoms with Crippen molar-refractivity contribution >= 4 is 22.6 Å². The Morgan fingerprint density at radius 1 is 1.22 bits per heavy atom. The first kappa shape index (κ1) is 15.0. The van der Waals surface area contributed by atoms with Crippen LogP contribution in [0, 0.1) is 0 Å². The summed E-state index contributed by atoms with van der Waals surface area (Å²) in [5.41, 5.74) is 2.66. The number of fused-ring (bicyclic) bond motifs is 3. The molecule has 1 fully saturated rings. The van der Waals surface area contributed by atoms with Crippen LogP contribution in [0.1, 0.15) is 23.1 Å². The number of phenols is 1. The van der Waals surface area contributed by atoms with Crippen molar-refractivity contribution in [2.75, 3.05) is 26.3 Å². The van der Waals surface area contributed by atoms with Gasteiger partial charge in [0.1, 0.15) is 25.4 Å². The molecule has 1 saturated heterocycles. The van der Waals surface area contributed by atoms with Crippen molar-refractivity contribution in [1.82, 2.24) is 0 Å². The molecule has 4 rings (SSSR count). The van der Waals surface area contributed by atoms with Crippen LogP contribution in [0.5, 0.6) is 5.75 Å². The van der Waals surface area contributed by atoms with Crippen LogP contribution in [-0.2, 0) is 24.1 Å². The number of aromatic hydroxyl groups is 1. The third-order valence-corrected chi connectivity index (χ3v) is 5.20. The van der Waals surface area contributed by atoms with Crippen molar-refractivity contribution < 1.29 is 19.2 Å². The second-order valence-corrected chi connectivity index (χ2v) is 6.71. The van der Waals surface area contributed by atoms with Gasteiger partial charge in [0.15, 0.2) is 5.58 Å². The highest BCUT2D eigenvalue weighted by Gasteiger charge is 2.26. The molecule has 122 valence electrons. The molecule has 0 radical (unpaired) electrons. The Balaban J connectivity index is 1.89. The van der Waals surface area contributed by atoms with E-state index in [0.717, 1.165) is 48.9 Å². The van der Waals surface area contributed by atoms with Gasteiger partial charge < -0.3 is 19.2 Å². The number of hydrogen-bond acceptors (Lipinski definition) is 4. The highest BCUT2D eigenvalue weighted by Crippen LogP contribution is 2.37. The van der Waals surface area contributed by atoms with Crippen LogP contribution in [0.25, 0.3) is 11.0 Å². The number of phenolic OH excluding ortho intramolecular Hbond substituents is 1. The average Bonchev–Trinajstić information content (AvgIpc) is 3.05. The predicted octanol–water partition coefficient (Wildman–Crippen LogP) is 1.06. The third kappa shape index (κ3) is 2.53. The van der Waals surface area contributed by atoms with Crippen molar-refractivity contribution in [3.63, 3.8) is 0 Å². The smallest absolute Gasteiger partial charge is 0.339 e. The zero-order valence-corrected chi connectivity index (χ0v) is 13.5. The Bertz CT molecular complexity index is 824. The molecule has 0 spiro atoms. The van der Waals surface area contributed by atoms with Gasteiger partial charge in [-0.3, -0.25) is 0 Å². The van der Waals surface area contributed by atoms with Gasteiger partial charge in [-0.25, -0.2) is 4.79 Å².